The number of hydrogen-bond acceptors (Lipinski definition) is 3. The summed E-state index contributed by atoms with van der Waals surface area (Å²) in [5.74, 6) is 0.899. The Morgan fingerprint density at radius 3 is 2.79 bits per heavy atom. The molecule has 1 aromatic rings. The molecular weight excluding hydrogens is 242 g/mol. The van der Waals surface area contributed by atoms with Crippen molar-refractivity contribution in [3.8, 4) is 5.75 Å². The Morgan fingerprint density at radius 2 is 2.21 bits per heavy atom. The number of benzene rings is 1. The third-order valence-electron chi connectivity index (χ3n) is 3.40. The van der Waals surface area contributed by atoms with Crippen LogP contribution in [0.3, 0.4) is 0 Å². The zero-order valence-corrected chi connectivity index (χ0v) is 11.6. The summed E-state index contributed by atoms with van der Waals surface area (Å²) in [6.07, 6.45) is 0.540. The van der Waals surface area contributed by atoms with Gasteiger partial charge >= 0.3 is 0 Å². The number of nitrogens with zero attached hydrogens (tertiary/aromatic N) is 1. The minimum atomic E-state index is -0.0701. The smallest absolute Gasteiger partial charge is 0.223 e. The number of ether oxygens (including phenoxy) is 1. The van der Waals surface area contributed by atoms with Crippen LogP contribution in [0.1, 0.15) is 29.3 Å². The van der Waals surface area contributed by atoms with Crippen LogP contribution in [0.4, 0.5) is 0 Å². The van der Waals surface area contributed by atoms with Crippen LogP contribution in [0.2, 0.25) is 0 Å². The maximum Gasteiger partial charge on any atom is 0.223 e. The molecule has 4 nitrogen and oxygen atoms in total. The van der Waals surface area contributed by atoms with Crippen LogP contribution >= 0.6 is 0 Å². The van der Waals surface area contributed by atoms with Gasteiger partial charge in [0.05, 0.1) is 19.2 Å². The van der Waals surface area contributed by atoms with Gasteiger partial charge in [0.2, 0.25) is 5.91 Å². The monoisotopic (exact) mass is 261 g/mol. The van der Waals surface area contributed by atoms with Gasteiger partial charge < -0.3 is 9.64 Å². The van der Waals surface area contributed by atoms with E-state index < -0.39 is 0 Å². The second-order valence-electron chi connectivity index (χ2n) is 5.21. The number of Topliss-reactive ketones (excluding diaryl/α,β-unsaturated/α-hetero) is 1. The summed E-state index contributed by atoms with van der Waals surface area (Å²) in [6, 6.07) is 5.48. The Bertz CT molecular complexity index is 510. The molecule has 1 aliphatic rings. The van der Waals surface area contributed by atoms with Crippen LogP contribution in [0, 0.1) is 12.8 Å². The molecule has 0 spiro atoms. The Hall–Kier alpha value is -1.84. The molecule has 0 aromatic heterocycles. The summed E-state index contributed by atoms with van der Waals surface area (Å²) in [7, 11) is 1.55. The number of ketones is 1. The Morgan fingerprint density at radius 1 is 1.47 bits per heavy atom. The Labute approximate surface area is 113 Å². The molecule has 0 bridgehead atoms. The molecule has 1 heterocycles. The molecule has 0 saturated carbocycles. The fourth-order valence-corrected chi connectivity index (χ4v) is 2.41. The number of carbonyl (C=O) groups is 2. The molecule has 1 unspecified atom stereocenters. The molecule has 0 aliphatic carbocycles. The van der Waals surface area contributed by atoms with Crippen LogP contribution in [-0.4, -0.2) is 36.8 Å². The number of rotatable bonds is 4. The highest BCUT2D eigenvalue weighted by atomic mass is 16.5. The molecule has 1 aromatic carbocycles. The highest BCUT2D eigenvalue weighted by Crippen LogP contribution is 2.22. The van der Waals surface area contributed by atoms with E-state index in [1.165, 1.54) is 0 Å². The maximum absolute atomic E-state index is 12.3. The van der Waals surface area contributed by atoms with Crippen molar-refractivity contribution in [2.75, 3.05) is 20.2 Å². The largest absolute Gasteiger partial charge is 0.496 e. The fourth-order valence-electron chi connectivity index (χ4n) is 2.41. The number of likely N-dealkylation sites (tertiary alicyclic amines) is 1. The van der Waals surface area contributed by atoms with Crippen LogP contribution in [-0.2, 0) is 4.79 Å². The van der Waals surface area contributed by atoms with Crippen LogP contribution in [0.5, 0.6) is 5.75 Å². The van der Waals surface area contributed by atoms with Crippen LogP contribution in [0.25, 0.3) is 0 Å². The Balaban J connectivity index is 2.14. The average molecular weight is 261 g/mol. The van der Waals surface area contributed by atoms with Gasteiger partial charge in [-0.3, -0.25) is 9.59 Å². The third kappa shape index (κ3) is 2.95. The zero-order chi connectivity index (χ0) is 14.0. The number of aryl methyl sites for hydroxylation is 1. The SMILES string of the molecule is COc1cc(C)ccc1C(=O)CN1CC(C)CC1=O. The highest BCUT2D eigenvalue weighted by molar-refractivity contribution is 6.01. The van der Waals surface area contributed by atoms with Crippen molar-refractivity contribution in [3.05, 3.63) is 29.3 Å². The summed E-state index contributed by atoms with van der Waals surface area (Å²) in [4.78, 5) is 25.6. The standard InChI is InChI=1S/C15H19NO3/c1-10-4-5-12(14(6-10)19-3)13(17)9-16-8-11(2)7-15(16)18/h4-6,11H,7-9H2,1-3H3. The second kappa shape index (κ2) is 5.43. The van der Waals surface area contributed by atoms with Gasteiger partial charge in [-0.05, 0) is 30.5 Å². The van der Waals surface area contributed by atoms with Gasteiger partial charge in [-0.2, -0.15) is 0 Å². The first-order chi connectivity index (χ1) is 9.01. The first-order valence-electron chi connectivity index (χ1n) is 6.47. The van der Waals surface area contributed by atoms with Crippen molar-refractivity contribution < 1.29 is 14.3 Å². The molecule has 19 heavy (non-hydrogen) atoms. The molecule has 1 amide bonds. The number of carbonyl (C=O) groups excluding carboxylic acids is 2. The first-order valence-corrected chi connectivity index (χ1v) is 6.47. The van der Waals surface area contributed by atoms with E-state index in [2.05, 4.69) is 0 Å². The van der Waals surface area contributed by atoms with Crippen LogP contribution < -0.4 is 4.74 Å². The minimum absolute atomic E-state index is 0.0620. The van der Waals surface area contributed by atoms with Gasteiger partial charge in [0, 0.05) is 13.0 Å². The van der Waals surface area contributed by atoms with Crippen molar-refractivity contribution in [2.24, 2.45) is 5.92 Å². The summed E-state index contributed by atoms with van der Waals surface area (Å²) >= 11 is 0. The summed E-state index contributed by atoms with van der Waals surface area (Å²) in [5, 5.41) is 0. The van der Waals surface area contributed by atoms with Gasteiger partial charge in [-0.15, -0.1) is 0 Å². The minimum Gasteiger partial charge on any atom is -0.496 e. The van der Waals surface area contributed by atoms with E-state index in [1.54, 1.807) is 18.1 Å². The molecule has 1 atom stereocenters. The van der Waals surface area contributed by atoms with E-state index in [-0.39, 0.29) is 18.2 Å². The molecule has 1 saturated heterocycles. The van der Waals surface area contributed by atoms with Gasteiger partial charge in [0.15, 0.2) is 5.78 Å². The predicted octanol–water partition coefficient (Wildman–Crippen LogP) is 2.05. The molecule has 0 radical (unpaired) electrons. The number of methoxy groups -OCH3 is 1. The predicted molar refractivity (Wildman–Crippen MR) is 72.4 cm³/mol. The van der Waals surface area contributed by atoms with Crippen molar-refractivity contribution in [2.45, 2.75) is 20.3 Å². The quantitative estimate of drug-likeness (QED) is 0.779. The zero-order valence-electron chi connectivity index (χ0n) is 11.6. The van der Waals surface area contributed by atoms with E-state index in [4.69, 9.17) is 4.74 Å². The first kappa shape index (κ1) is 13.6. The lowest BCUT2D eigenvalue weighted by molar-refractivity contribution is -0.127. The van der Waals surface area contributed by atoms with E-state index in [1.807, 2.05) is 26.0 Å². The van der Waals surface area contributed by atoms with Crippen molar-refractivity contribution >= 4 is 11.7 Å². The van der Waals surface area contributed by atoms with Crippen molar-refractivity contribution in [1.82, 2.24) is 4.90 Å². The fraction of sp³-hybridized carbons (Fsp3) is 0.467. The highest BCUT2D eigenvalue weighted by Gasteiger charge is 2.28. The van der Waals surface area contributed by atoms with E-state index in [9.17, 15) is 9.59 Å². The molecule has 1 fully saturated rings. The van der Waals surface area contributed by atoms with Gasteiger partial charge in [0.25, 0.3) is 0 Å². The normalized spacial score (nSPS) is 18.8. The third-order valence-corrected chi connectivity index (χ3v) is 3.40. The topological polar surface area (TPSA) is 46.6 Å². The van der Waals surface area contributed by atoms with Gasteiger partial charge in [-0.25, -0.2) is 0 Å². The lowest BCUT2D eigenvalue weighted by Gasteiger charge is -2.16. The Kier molecular flexibility index (Phi) is 3.88. The van der Waals surface area contributed by atoms with Crippen LogP contribution in [0.15, 0.2) is 18.2 Å². The summed E-state index contributed by atoms with van der Waals surface area (Å²) < 4.78 is 5.24. The number of amides is 1. The maximum atomic E-state index is 12.3. The van der Waals surface area contributed by atoms with E-state index in [0.717, 1.165) is 5.56 Å². The van der Waals surface area contributed by atoms with Gasteiger partial charge in [-0.1, -0.05) is 13.0 Å². The molecule has 0 N–H and O–H groups in total. The molecule has 4 heteroatoms. The van der Waals surface area contributed by atoms with E-state index in [0.29, 0.717) is 30.2 Å². The van der Waals surface area contributed by atoms with Crippen molar-refractivity contribution in [1.29, 1.82) is 0 Å². The van der Waals surface area contributed by atoms with Crippen molar-refractivity contribution in [3.63, 3.8) is 0 Å². The van der Waals surface area contributed by atoms with Gasteiger partial charge in [0.1, 0.15) is 5.75 Å². The summed E-state index contributed by atoms with van der Waals surface area (Å²) in [5.41, 5.74) is 1.58. The lowest BCUT2D eigenvalue weighted by atomic mass is 10.1. The number of hydrogen-bond donors (Lipinski definition) is 0. The lowest BCUT2D eigenvalue weighted by Crippen LogP contribution is -2.31. The molecule has 102 valence electrons. The van der Waals surface area contributed by atoms with E-state index >= 15 is 0 Å². The summed E-state index contributed by atoms with van der Waals surface area (Å²) in [6.45, 7) is 4.78. The molecule has 2 rings (SSSR count). The molecule has 1 aliphatic heterocycles. The average Bonchev–Trinajstić information content (AvgIpc) is 2.67. The molecular formula is C15H19NO3. The second-order valence-corrected chi connectivity index (χ2v) is 5.21.